The maximum Gasteiger partial charge on any atom is 0.240 e. The molecule has 0 heterocycles. The maximum atomic E-state index is 11.9. The number of carbonyl (C=O) groups excluding carboxylic acids is 1. The van der Waals surface area contributed by atoms with Crippen LogP contribution in [0.3, 0.4) is 0 Å². The van der Waals surface area contributed by atoms with E-state index in [1.165, 1.54) is 32.1 Å². The Hall–Kier alpha value is -0.570. The molecule has 3 heteroatoms. The van der Waals surface area contributed by atoms with Crippen LogP contribution in [0.25, 0.3) is 0 Å². The first-order valence-electron chi connectivity index (χ1n) is 6.61. The van der Waals surface area contributed by atoms with E-state index in [2.05, 4.69) is 12.2 Å². The summed E-state index contributed by atoms with van der Waals surface area (Å²) in [6.07, 6.45) is 9.26. The Morgan fingerprint density at radius 1 is 1.12 bits per heavy atom. The SMILES string of the molecule is CC1(CNC(=O)C2(N)CCC2)CCCCC1. The van der Waals surface area contributed by atoms with E-state index < -0.39 is 5.54 Å². The van der Waals surface area contributed by atoms with Crippen molar-refractivity contribution in [3.8, 4) is 0 Å². The third-order valence-corrected chi connectivity index (χ3v) is 4.43. The van der Waals surface area contributed by atoms with Crippen molar-refractivity contribution in [1.82, 2.24) is 5.32 Å². The van der Waals surface area contributed by atoms with E-state index in [1.807, 2.05) is 0 Å². The van der Waals surface area contributed by atoms with Gasteiger partial charge in [0.1, 0.15) is 0 Å². The fourth-order valence-electron chi connectivity index (χ4n) is 2.84. The second-order valence-corrected chi connectivity index (χ2v) is 6.06. The van der Waals surface area contributed by atoms with Gasteiger partial charge in [0.25, 0.3) is 0 Å². The summed E-state index contributed by atoms with van der Waals surface area (Å²) in [5.74, 6) is 0.0746. The van der Waals surface area contributed by atoms with Gasteiger partial charge in [-0.2, -0.15) is 0 Å². The van der Waals surface area contributed by atoms with Gasteiger partial charge < -0.3 is 11.1 Å². The summed E-state index contributed by atoms with van der Waals surface area (Å²) in [6, 6.07) is 0. The van der Waals surface area contributed by atoms with E-state index in [4.69, 9.17) is 5.73 Å². The molecule has 0 unspecified atom stereocenters. The van der Waals surface area contributed by atoms with E-state index in [0.29, 0.717) is 5.41 Å². The molecule has 0 spiro atoms. The molecule has 3 nitrogen and oxygen atoms in total. The Labute approximate surface area is 98.2 Å². The Balaban J connectivity index is 1.79. The quantitative estimate of drug-likeness (QED) is 0.770. The molecule has 0 atom stereocenters. The van der Waals surface area contributed by atoms with Crippen LogP contribution in [0.4, 0.5) is 0 Å². The van der Waals surface area contributed by atoms with Crippen LogP contribution in [0.15, 0.2) is 0 Å². The molecule has 1 amide bonds. The molecule has 0 aromatic carbocycles. The van der Waals surface area contributed by atoms with Crippen LogP contribution >= 0.6 is 0 Å². The molecule has 3 N–H and O–H groups in total. The second kappa shape index (κ2) is 4.36. The lowest BCUT2D eigenvalue weighted by molar-refractivity contribution is -0.129. The van der Waals surface area contributed by atoms with Crippen molar-refractivity contribution < 1.29 is 4.79 Å². The topological polar surface area (TPSA) is 55.1 Å². The van der Waals surface area contributed by atoms with Gasteiger partial charge in [-0.1, -0.05) is 26.2 Å². The molecule has 0 bridgehead atoms. The standard InChI is InChI=1S/C13H24N2O/c1-12(6-3-2-4-7-12)10-15-11(16)13(14)8-5-9-13/h2-10,14H2,1H3,(H,15,16). The molecule has 0 aromatic rings. The molecule has 92 valence electrons. The molecule has 2 saturated carbocycles. The number of rotatable bonds is 3. The van der Waals surface area contributed by atoms with Crippen molar-refractivity contribution in [3.05, 3.63) is 0 Å². The van der Waals surface area contributed by atoms with Crippen molar-refractivity contribution in [2.75, 3.05) is 6.54 Å². The summed E-state index contributed by atoms with van der Waals surface area (Å²) in [5.41, 5.74) is 5.77. The fraction of sp³-hybridized carbons (Fsp3) is 0.923. The van der Waals surface area contributed by atoms with Gasteiger partial charge in [-0.15, -0.1) is 0 Å². The molecule has 0 aliphatic heterocycles. The van der Waals surface area contributed by atoms with Crippen molar-refractivity contribution >= 4 is 5.91 Å². The highest BCUT2D eigenvalue weighted by Gasteiger charge is 2.40. The molecular weight excluding hydrogens is 200 g/mol. The largest absolute Gasteiger partial charge is 0.354 e. The van der Waals surface area contributed by atoms with Gasteiger partial charge >= 0.3 is 0 Å². The van der Waals surface area contributed by atoms with Crippen LogP contribution in [-0.4, -0.2) is 18.0 Å². The molecule has 2 fully saturated rings. The zero-order valence-corrected chi connectivity index (χ0v) is 10.3. The van der Waals surface area contributed by atoms with Gasteiger partial charge in [0.15, 0.2) is 0 Å². The van der Waals surface area contributed by atoms with Crippen LogP contribution in [0.2, 0.25) is 0 Å². The number of nitrogens with two attached hydrogens (primary N) is 1. The predicted octanol–water partition coefficient (Wildman–Crippen LogP) is 1.95. The average Bonchev–Trinajstić information content (AvgIpc) is 2.24. The van der Waals surface area contributed by atoms with Gasteiger partial charge in [0, 0.05) is 6.54 Å². The van der Waals surface area contributed by atoms with Crippen molar-refractivity contribution in [2.45, 2.75) is 63.8 Å². The molecule has 2 rings (SSSR count). The molecule has 2 aliphatic carbocycles. The van der Waals surface area contributed by atoms with Gasteiger partial charge in [-0.05, 0) is 37.5 Å². The van der Waals surface area contributed by atoms with Crippen molar-refractivity contribution in [3.63, 3.8) is 0 Å². The van der Waals surface area contributed by atoms with E-state index in [9.17, 15) is 4.79 Å². The fourth-order valence-corrected chi connectivity index (χ4v) is 2.84. The Morgan fingerprint density at radius 3 is 2.25 bits per heavy atom. The third kappa shape index (κ3) is 2.40. The molecule has 0 radical (unpaired) electrons. The van der Waals surface area contributed by atoms with Crippen molar-refractivity contribution in [2.24, 2.45) is 11.1 Å². The van der Waals surface area contributed by atoms with Crippen LogP contribution in [0, 0.1) is 5.41 Å². The van der Waals surface area contributed by atoms with E-state index >= 15 is 0 Å². The Bertz CT molecular complexity index is 265. The van der Waals surface area contributed by atoms with E-state index in [-0.39, 0.29) is 5.91 Å². The smallest absolute Gasteiger partial charge is 0.240 e. The van der Waals surface area contributed by atoms with E-state index in [1.54, 1.807) is 0 Å². The van der Waals surface area contributed by atoms with Crippen LogP contribution < -0.4 is 11.1 Å². The number of carbonyl (C=O) groups is 1. The number of hydrogen-bond acceptors (Lipinski definition) is 2. The number of nitrogens with one attached hydrogen (secondary N) is 1. The van der Waals surface area contributed by atoms with Gasteiger partial charge in [0.2, 0.25) is 5.91 Å². The molecule has 2 aliphatic rings. The first-order chi connectivity index (χ1) is 7.54. The van der Waals surface area contributed by atoms with Crippen LogP contribution in [0.5, 0.6) is 0 Å². The molecule has 16 heavy (non-hydrogen) atoms. The minimum Gasteiger partial charge on any atom is -0.354 e. The monoisotopic (exact) mass is 224 g/mol. The Morgan fingerprint density at radius 2 is 1.75 bits per heavy atom. The highest BCUT2D eigenvalue weighted by molar-refractivity contribution is 5.87. The lowest BCUT2D eigenvalue weighted by atomic mass is 9.74. The summed E-state index contributed by atoms with van der Waals surface area (Å²) >= 11 is 0. The minimum absolute atomic E-state index is 0.0746. The van der Waals surface area contributed by atoms with Crippen molar-refractivity contribution in [1.29, 1.82) is 0 Å². The summed E-state index contributed by atoms with van der Waals surface area (Å²) in [5, 5.41) is 3.07. The zero-order chi connectivity index (χ0) is 11.6. The second-order valence-electron chi connectivity index (χ2n) is 6.06. The zero-order valence-electron chi connectivity index (χ0n) is 10.3. The van der Waals surface area contributed by atoms with Gasteiger partial charge in [-0.3, -0.25) is 4.79 Å². The summed E-state index contributed by atoms with van der Waals surface area (Å²) in [4.78, 5) is 11.9. The molecular formula is C13H24N2O. The molecule has 0 aromatic heterocycles. The molecule has 0 saturated heterocycles. The van der Waals surface area contributed by atoms with Gasteiger partial charge in [-0.25, -0.2) is 0 Å². The maximum absolute atomic E-state index is 11.9. The summed E-state index contributed by atoms with van der Waals surface area (Å²) in [7, 11) is 0. The third-order valence-electron chi connectivity index (χ3n) is 4.43. The Kier molecular flexibility index (Phi) is 3.24. The lowest BCUT2D eigenvalue weighted by Crippen LogP contribution is -2.59. The van der Waals surface area contributed by atoms with E-state index in [0.717, 1.165) is 25.8 Å². The van der Waals surface area contributed by atoms with Crippen LogP contribution in [0.1, 0.15) is 58.3 Å². The van der Waals surface area contributed by atoms with Gasteiger partial charge in [0.05, 0.1) is 5.54 Å². The lowest BCUT2D eigenvalue weighted by Gasteiger charge is -2.39. The highest BCUT2D eigenvalue weighted by Crippen LogP contribution is 2.35. The summed E-state index contributed by atoms with van der Waals surface area (Å²) in [6.45, 7) is 3.10. The van der Waals surface area contributed by atoms with Crippen LogP contribution in [-0.2, 0) is 4.79 Å². The minimum atomic E-state index is -0.537. The normalized spacial score (nSPS) is 26.9. The number of hydrogen-bond donors (Lipinski definition) is 2. The highest BCUT2D eigenvalue weighted by atomic mass is 16.2. The first kappa shape index (κ1) is 11.9. The predicted molar refractivity (Wildman–Crippen MR) is 65.0 cm³/mol. The average molecular weight is 224 g/mol. The first-order valence-corrected chi connectivity index (χ1v) is 6.61. The number of amides is 1. The summed E-state index contributed by atoms with van der Waals surface area (Å²) < 4.78 is 0.